The minimum Gasteiger partial charge on any atom is -0.463 e. The zero-order chi connectivity index (χ0) is 20.8. The van der Waals surface area contributed by atoms with E-state index in [0.29, 0.717) is 22.5 Å². The van der Waals surface area contributed by atoms with Crippen molar-refractivity contribution >= 4 is 56.7 Å². The van der Waals surface area contributed by atoms with Crippen LogP contribution in [-0.4, -0.2) is 23.6 Å². The van der Waals surface area contributed by atoms with Crippen molar-refractivity contribution < 1.29 is 19.4 Å². The lowest BCUT2D eigenvalue weighted by atomic mass is 10.1. The van der Waals surface area contributed by atoms with E-state index in [-0.39, 0.29) is 28.1 Å². The van der Waals surface area contributed by atoms with Crippen molar-refractivity contribution in [3.63, 3.8) is 0 Å². The van der Waals surface area contributed by atoms with Crippen LogP contribution in [0.1, 0.15) is 0 Å². The Hall–Kier alpha value is -3.17. The Labute approximate surface area is 174 Å². The number of hydrogen-bond acceptors (Lipinski definition) is 5. The number of anilines is 2. The number of thioether (sulfide) groups is 1. The number of benzene rings is 2. The number of nitrogens with two attached hydrogens (primary N) is 2. The maximum atomic E-state index is 12.3. The van der Waals surface area contributed by atoms with Gasteiger partial charge < -0.3 is 19.8 Å². The lowest BCUT2D eigenvalue weighted by molar-refractivity contribution is -0.110. The van der Waals surface area contributed by atoms with Gasteiger partial charge in [-0.2, -0.15) is 0 Å². The molecular formula is C19H18ClN4O4S+. The molecule has 3 aromatic rings. The molecule has 0 radical (unpaired) electrons. The quantitative estimate of drug-likeness (QED) is 0.268. The third-order valence-electron chi connectivity index (χ3n) is 3.72. The van der Waals surface area contributed by atoms with E-state index in [1.165, 1.54) is 17.8 Å². The average molecular weight is 434 g/mol. The van der Waals surface area contributed by atoms with E-state index in [2.05, 4.69) is 10.6 Å². The minimum atomic E-state index is -0.635. The fourth-order valence-corrected chi connectivity index (χ4v) is 3.14. The van der Waals surface area contributed by atoms with Gasteiger partial charge in [-0.1, -0.05) is 35.9 Å². The van der Waals surface area contributed by atoms with Crippen LogP contribution in [0.3, 0.4) is 0 Å². The smallest absolute Gasteiger partial charge is 0.346 e. The Morgan fingerprint density at radius 2 is 1.86 bits per heavy atom. The summed E-state index contributed by atoms with van der Waals surface area (Å²) in [7, 11) is 0. The van der Waals surface area contributed by atoms with Crippen LogP contribution in [0.15, 0.2) is 57.7 Å². The van der Waals surface area contributed by atoms with E-state index in [0.717, 1.165) is 0 Å². The van der Waals surface area contributed by atoms with E-state index in [9.17, 15) is 9.59 Å². The van der Waals surface area contributed by atoms with E-state index in [4.69, 9.17) is 31.9 Å². The first-order chi connectivity index (χ1) is 13.9. The molecule has 10 heteroatoms. The molecule has 0 atom stereocenters. The predicted molar refractivity (Wildman–Crippen MR) is 116 cm³/mol. The summed E-state index contributed by atoms with van der Waals surface area (Å²) < 4.78 is 10.6. The molecule has 0 aliphatic heterocycles. The second-order valence-electron chi connectivity index (χ2n) is 5.80. The molecule has 0 bridgehead atoms. The van der Waals surface area contributed by atoms with Crippen LogP contribution in [0, 0.1) is 0 Å². The molecule has 29 heavy (non-hydrogen) atoms. The number of urea groups is 1. The molecule has 3 rings (SSSR count). The van der Waals surface area contributed by atoms with E-state index in [1.54, 1.807) is 36.4 Å². The zero-order valence-electron chi connectivity index (χ0n) is 15.1. The summed E-state index contributed by atoms with van der Waals surface area (Å²) in [6.45, 7) is 0.204. The van der Waals surface area contributed by atoms with Gasteiger partial charge in [-0.15, -0.1) is 0 Å². The SMILES string of the molecule is NC(=[NH2+])SCCOc1oc(=O)c2cc(NC(=O)Nc3ccccc3)ccc2c1Cl. The molecule has 0 saturated heterocycles. The van der Waals surface area contributed by atoms with Crippen molar-refractivity contribution in [1.29, 1.82) is 0 Å². The van der Waals surface area contributed by atoms with Gasteiger partial charge in [0, 0.05) is 22.5 Å². The van der Waals surface area contributed by atoms with Crippen LogP contribution in [0.2, 0.25) is 5.02 Å². The number of amides is 2. The molecule has 2 aromatic carbocycles. The summed E-state index contributed by atoms with van der Waals surface area (Å²) in [5.41, 5.74) is 5.78. The van der Waals surface area contributed by atoms with Crippen molar-refractivity contribution in [2.24, 2.45) is 5.73 Å². The van der Waals surface area contributed by atoms with Gasteiger partial charge in [0.2, 0.25) is 0 Å². The van der Waals surface area contributed by atoms with E-state index >= 15 is 0 Å². The first-order valence-electron chi connectivity index (χ1n) is 8.47. The Morgan fingerprint density at radius 3 is 2.59 bits per heavy atom. The highest BCUT2D eigenvalue weighted by Crippen LogP contribution is 2.32. The van der Waals surface area contributed by atoms with Crippen LogP contribution in [0.25, 0.3) is 10.8 Å². The van der Waals surface area contributed by atoms with E-state index in [1.807, 2.05) is 6.07 Å². The topological polar surface area (TPSA) is 132 Å². The van der Waals surface area contributed by atoms with Gasteiger partial charge in [0.25, 0.3) is 5.17 Å². The van der Waals surface area contributed by atoms with Crippen LogP contribution < -0.4 is 32.1 Å². The summed E-state index contributed by atoms with van der Waals surface area (Å²) in [6, 6.07) is 13.3. The number of halogens is 1. The number of rotatable bonds is 6. The third-order valence-corrected chi connectivity index (χ3v) is 4.78. The Morgan fingerprint density at radius 1 is 1.14 bits per heavy atom. The molecule has 8 nitrogen and oxygen atoms in total. The van der Waals surface area contributed by atoms with Crippen LogP contribution in [0.4, 0.5) is 16.2 Å². The monoisotopic (exact) mass is 433 g/mol. The average Bonchev–Trinajstić information content (AvgIpc) is 2.69. The Kier molecular flexibility index (Phi) is 6.63. The van der Waals surface area contributed by atoms with Gasteiger partial charge in [0.1, 0.15) is 11.6 Å². The van der Waals surface area contributed by atoms with Crippen LogP contribution in [-0.2, 0) is 0 Å². The van der Waals surface area contributed by atoms with E-state index < -0.39 is 11.7 Å². The largest absolute Gasteiger partial charge is 0.463 e. The molecule has 1 aromatic heterocycles. The molecule has 0 spiro atoms. The Balaban J connectivity index is 1.75. The highest BCUT2D eigenvalue weighted by Gasteiger charge is 2.15. The van der Waals surface area contributed by atoms with Crippen molar-refractivity contribution in [1.82, 2.24) is 0 Å². The number of ether oxygens (including phenoxy) is 1. The molecule has 2 amide bonds. The molecule has 150 valence electrons. The molecule has 0 unspecified atom stereocenters. The van der Waals surface area contributed by atoms with Crippen LogP contribution in [0.5, 0.6) is 5.95 Å². The molecule has 0 saturated carbocycles. The maximum Gasteiger partial charge on any atom is 0.346 e. The number of carbonyl (C=O) groups is 1. The highest BCUT2D eigenvalue weighted by atomic mass is 35.5. The summed E-state index contributed by atoms with van der Waals surface area (Å²) >= 11 is 7.51. The maximum absolute atomic E-state index is 12.3. The van der Waals surface area contributed by atoms with Gasteiger partial charge in [-0.25, -0.2) is 9.59 Å². The normalized spacial score (nSPS) is 10.5. The van der Waals surface area contributed by atoms with Gasteiger partial charge >= 0.3 is 17.6 Å². The third kappa shape index (κ3) is 5.43. The van der Waals surface area contributed by atoms with Gasteiger partial charge in [-0.3, -0.25) is 11.1 Å². The summed E-state index contributed by atoms with van der Waals surface area (Å²) in [4.78, 5) is 24.5. The van der Waals surface area contributed by atoms with Crippen molar-refractivity contribution in [2.75, 3.05) is 23.0 Å². The number of carbonyl (C=O) groups excluding carboxylic acids is 1. The van der Waals surface area contributed by atoms with Crippen LogP contribution >= 0.6 is 23.4 Å². The zero-order valence-corrected chi connectivity index (χ0v) is 16.7. The molecule has 0 aliphatic carbocycles. The molecule has 0 aliphatic rings. The van der Waals surface area contributed by atoms with Crippen molar-refractivity contribution in [3.05, 3.63) is 64.0 Å². The lowest BCUT2D eigenvalue weighted by Crippen LogP contribution is -2.43. The first-order valence-corrected chi connectivity index (χ1v) is 9.83. The summed E-state index contributed by atoms with van der Waals surface area (Å²) in [5, 5.41) is 11.8. The fourth-order valence-electron chi connectivity index (χ4n) is 2.48. The Bertz CT molecular complexity index is 1100. The lowest BCUT2D eigenvalue weighted by Gasteiger charge is -2.10. The number of fused-ring (bicyclic) bond motifs is 1. The number of nitrogens with one attached hydrogen (secondary N) is 2. The number of hydrogen-bond donors (Lipinski definition) is 4. The fraction of sp³-hybridized carbons (Fsp3) is 0.105. The number of para-hydroxylation sites is 1. The second-order valence-corrected chi connectivity index (χ2v) is 7.34. The molecule has 0 fully saturated rings. The molecule has 1 heterocycles. The standard InChI is InChI=1S/C19H17ClN4O4S/c20-15-13-7-6-12(24-19(26)23-11-4-2-1-3-5-11)10-14(13)16(25)28-17(15)27-8-9-29-18(21)22/h1-7,10H,8-9H2,(H3,21,22)(H2,23,24,26)/p+1. The highest BCUT2D eigenvalue weighted by molar-refractivity contribution is 8.13. The van der Waals surface area contributed by atoms with Gasteiger partial charge in [0.15, 0.2) is 0 Å². The van der Waals surface area contributed by atoms with Gasteiger partial charge in [0.05, 0.1) is 5.39 Å². The molecule has 6 N–H and O–H groups in total. The second kappa shape index (κ2) is 9.35. The minimum absolute atomic E-state index is 0.0807. The summed E-state index contributed by atoms with van der Waals surface area (Å²) in [6.07, 6.45) is 0. The molecular weight excluding hydrogens is 416 g/mol. The van der Waals surface area contributed by atoms with Crippen molar-refractivity contribution in [2.45, 2.75) is 0 Å². The van der Waals surface area contributed by atoms with Gasteiger partial charge in [-0.05, 0) is 36.0 Å². The van der Waals surface area contributed by atoms with Crippen molar-refractivity contribution in [3.8, 4) is 5.95 Å². The summed E-state index contributed by atoms with van der Waals surface area (Å²) in [5.74, 6) is 0.391. The predicted octanol–water partition coefficient (Wildman–Crippen LogP) is 2.28. The first kappa shape index (κ1) is 20.6. The number of amidine groups is 1.